The molecule has 7 heteroatoms. The lowest BCUT2D eigenvalue weighted by atomic mass is 10.4. The molecule has 2 aromatic rings. The molecule has 20 heavy (non-hydrogen) atoms. The minimum atomic E-state index is 0.517. The van der Waals surface area contributed by atoms with Crippen molar-refractivity contribution < 1.29 is 0 Å². The zero-order chi connectivity index (χ0) is 14.4. The van der Waals surface area contributed by atoms with Crippen LogP contribution in [0.5, 0.6) is 0 Å². The molecule has 0 atom stereocenters. The predicted octanol–water partition coefficient (Wildman–Crippen LogP) is 2.57. The first-order chi connectivity index (χ1) is 9.69. The lowest BCUT2D eigenvalue weighted by Crippen LogP contribution is -2.13. The first-order valence-electron chi connectivity index (χ1n) is 6.68. The minimum absolute atomic E-state index is 0.517. The van der Waals surface area contributed by atoms with Crippen LogP contribution in [0.2, 0.25) is 5.02 Å². The van der Waals surface area contributed by atoms with Gasteiger partial charge in [0.15, 0.2) is 5.82 Å². The van der Waals surface area contributed by atoms with Gasteiger partial charge in [-0.3, -0.25) is 4.68 Å². The molecule has 2 rings (SSSR count). The molecule has 0 radical (unpaired) electrons. The number of halogens is 1. The normalized spacial score (nSPS) is 10.6. The molecule has 0 fully saturated rings. The van der Waals surface area contributed by atoms with Gasteiger partial charge >= 0.3 is 0 Å². The first-order valence-corrected chi connectivity index (χ1v) is 7.06. The Morgan fingerprint density at radius 3 is 2.80 bits per heavy atom. The zero-order valence-electron chi connectivity index (χ0n) is 11.7. The zero-order valence-corrected chi connectivity index (χ0v) is 12.5. The molecule has 0 amide bonds. The summed E-state index contributed by atoms with van der Waals surface area (Å²) in [6, 6.07) is 0. The quantitative estimate of drug-likeness (QED) is 0.821. The van der Waals surface area contributed by atoms with Crippen molar-refractivity contribution in [1.29, 1.82) is 0 Å². The highest BCUT2D eigenvalue weighted by Crippen LogP contribution is 2.19. The van der Waals surface area contributed by atoms with Gasteiger partial charge in [0.25, 0.3) is 0 Å². The van der Waals surface area contributed by atoms with E-state index in [0.717, 1.165) is 25.1 Å². The van der Waals surface area contributed by atoms with E-state index < -0.39 is 0 Å². The summed E-state index contributed by atoms with van der Waals surface area (Å²) >= 11 is 6.08. The lowest BCUT2D eigenvalue weighted by Gasteiger charge is -2.09. The molecule has 0 aliphatic carbocycles. The number of aryl methyl sites for hydroxylation is 1. The van der Waals surface area contributed by atoms with Crippen molar-refractivity contribution in [3.8, 4) is 0 Å². The predicted molar refractivity (Wildman–Crippen MR) is 81.3 cm³/mol. The summed E-state index contributed by atoms with van der Waals surface area (Å²) in [4.78, 5) is 8.49. The van der Waals surface area contributed by atoms with Gasteiger partial charge in [-0.15, -0.1) is 0 Å². The van der Waals surface area contributed by atoms with Crippen LogP contribution < -0.4 is 10.6 Å². The molecule has 0 aliphatic rings. The Kier molecular flexibility index (Phi) is 5.17. The fourth-order valence-corrected chi connectivity index (χ4v) is 1.85. The molecule has 0 unspecified atom stereocenters. The molecule has 0 saturated heterocycles. The van der Waals surface area contributed by atoms with Crippen molar-refractivity contribution in [1.82, 2.24) is 19.7 Å². The summed E-state index contributed by atoms with van der Waals surface area (Å²) in [6.45, 7) is 6.41. The highest BCUT2D eigenvalue weighted by Gasteiger charge is 2.04. The second kappa shape index (κ2) is 7.09. The molecule has 0 spiro atoms. The van der Waals surface area contributed by atoms with E-state index in [1.807, 2.05) is 24.0 Å². The molecule has 2 N–H and O–H groups in total. The van der Waals surface area contributed by atoms with Crippen LogP contribution in [0.4, 0.5) is 11.8 Å². The number of hydrogen-bond donors (Lipinski definition) is 2. The highest BCUT2D eigenvalue weighted by atomic mass is 35.5. The van der Waals surface area contributed by atoms with Crippen LogP contribution in [-0.2, 0) is 6.54 Å². The molecule has 6 nitrogen and oxygen atoms in total. The van der Waals surface area contributed by atoms with E-state index in [4.69, 9.17) is 11.6 Å². The standard InChI is InChI=1S/C13H19ClN6/c1-3-4-16-13-17-8-11(14)12(19-13)15-5-6-20-9-10(2)7-18-20/h7-9H,3-6H2,1-2H3,(H2,15,16,17,19). The number of aromatic nitrogens is 4. The SMILES string of the molecule is CCCNc1ncc(Cl)c(NCCn2cc(C)cn2)n1. The van der Waals surface area contributed by atoms with E-state index in [9.17, 15) is 0 Å². The molecular weight excluding hydrogens is 276 g/mol. The number of nitrogens with one attached hydrogen (secondary N) is 2. The van der Waals surface area contributed by atoms with Gasteiger partial charge in [0.05, 0.1) is 18.9 Å². The van der Waals surface area contributed by atoms with E-state index in [2.05, 4.69) is 32.6 Å². The maximum Gasteiger partial charge on any atom is 0.224 e. The van der Waals surface area contributed by atoms with Crippen LogP contribution in [0, 0.1) is 6.92 Å². The number of anilines is 2. The third-order valence-corrected chi connectivity index (χ3v) is 2.95. The third kappa shape index (κ3) is 4.09. The first kappa shape index (κ1) is 14.6. The van der Waals surface area contributed by atoms with Crippen LogP contribution in [0.1, 0.15) is 18.9 Å². The van der Waals surface area contributed by atoms with Gasteiger partial charge in [0.2, 0.25) is 5.95 Å². The van der Waals surface area contributed by atoms with Gasteiger partial charge in [-0.1, -0.05) is 18.5 Å². The summed E-state index contributed by atoms with van der Waals surface area (Å²) in [7, 11) is 0. The molecule has 2 aromatic heterocycles. The van der Waals surface area contributed by atoms with Crippen molar-refractivity contribution in [3.05, 3.63) is 29.2 Å². The molecule has 0 bridgehead atoms. The Hall–Kier alpha value is -1.82. The van der Waals surface area contributed by atoms with Gasteiger partial charge in [0.1, 0.15) is 5.02 Å². The van der Waals surface area contributed by atoms with Gasteiger partial charge in [-0.25, -0.2) is 4.98 Å². The summed E-state index contributed by atoms with van der Waals surface area (Å²) in [5, 5.41) is 11.1. The van der Waals surface area contributed by atoms with Crippen molar-refractivity contribution >= 4 is 23.4 Å². The average Bonchev–Trinajstić information content (AvgIpc) is 2.85. The minimum Gasteiger partial charge on any atom is -0.367 e. The van der Waals surface area contributed by atoms with Crippen molar-refractivity contribution in [2.75, 3.05) is 23.7 Å². The average molecular weight is 295 g/mol. The Balaban J connectivity index is 1.90. The molecule has 0 saturated carbocycles. The number of rotatable bonds is 7. The fraction of sp³-hybridized carbons (Fsp3) is 0.462. The van der Waals surface area contributed by atoms with Crippen LogP contribution in [-0.4, -0.2) is 32.8 Å². The summed E-state index contributed by atoms with van der Waals surface area (Å²) < 4.78 is 1.88. The van der Waals surface area contributed by atoms with Crippen molar-refractivity contribution in [3.63, 3.8) is 0 Å². The second-order valence-electron chi connectivity index (χ2n) is 4.52. The number of hydrogen-bond acceptors (Lipinski definition) is 5. The molecule has 108 valence electrons. The van der Waals surface area contributed by atoms with Gasteiger partial charge in [0, 0.05) is 19.3 Å². The van der Waals surface area contributed by atoms with Gasteiger partial charge in [-0.2, -0.15) is 10.1 Å². The largest absolute Gasteiger partial charge is 0.367 e. The van der Waals surface area contributed by atoms with E-state index in [1.54, 1.807) is 6.20 Å². The molecule has 0 aromatic carbocycles. The van der Waals surface area contributed by atoms with E-state index in [-0.39, 0.29) is 0 Å². The van der Waals surface area contributed by atoms with E-state index in [1.165, 1.54) is 0 Å². The summed E-state index contributed by atoms with van der Waals surface area (Å²) in [5.74, 6) is 1.23. The maximum absolute atomic E-state index is 6.08. The fourth-order valence-electron chi connectivity index (χ4n) is 1.69. The third-order valence-electron chi connectivity index (χ3n) is 2.67. The Morgan fingerprint density at radius 1 is 1.25 bits per heavy atom. The van der Waals surface area contributed by atoms with E-state index in [0.29, 0.717) is 23.3 Å². The molecule has 0 aliphatic heterocycles. The van der Waals surface area contributed by atoms with Crippen LogP contribution >= 0.6 is 11.6 Å². The Labute approximate surface area is 123 Å². The van der Waals surface area contributed by atoms with E-state index >= 15 is 0 Å². The maximum atomic E-state index is 6.08. The highest BCUT2D eigenvalue weighted by molar-refractivity contribution is 6.32. The van der Waals surface area contributed by atoms with Crippen LogP contribution in [0.3, 0.4) is 0 Å². The van der Waals surface area contributed by atoms with Crippen LogP contribution in [0.25, 0.3) is 0 Å². The monoisotopic (exact) mass is 294 g/mol. The Morgan fingerprint density at radius 2 is 2.10 bits per heavy atom. The topological polar surface area (TPSA) is 67.7 Å². The van der Waals surface area contributed by atoms with Gasteiger partial charge < -0.3 is 10.6 Å². The number of nitrogens with zero attached hydrogens (tertiary/aromatic N) is 4. The van der Waals surface area contributed by atoms with Crippen LogP contribution in [0.15, 0.2) is 18.6 Å². The molecule has 2 heterocycles. The smallest absolute Gasteiger partial charge is 0.224 e. The second-order valence-corrected chi connectivity index (χ2v) is 4.93. The Bertz CT molecular complexity index is 554. The van der Waals surface area contributed by atoms with Crippen molar-refractivity contribution in [2.45, 2.75) is 26.8 Å². The lowest BCUT2D eigenvalue weighted by molar-refractivity contribution is 0.636. The van der Waals surface area contributed by atoms with Crippen molar-refractivity contribution in [2.24, 2.45) is 0 Å². The summed E-state index contributed by atoms with van der Waals surface area (Å²) in [5.41, 5.74) is 1.15. The molecular formula is C13H19ClN6. The van der Waals surface area contributed by atoms with Gasteiger partial charge in [-0.05, 0) is 18.9 Å². The summed E-state index contributed by atoms with van der Waals surface area (Å²) in [6.07, 6.45) is 6.46.